The quantitative estimate of drug-likeness (QED) is 0.0880. The molecule has 0 spiro atoms. The van der Waals surface area contributed by atoms with Crippen molar-refractivity contribution in [2.45, 2.75) is 101 Å². The predicted molar refractivity (Wildman–Crippen MR) is 145 cm³/mol. The van der Waals surface area contributed by atoms with Gasteiger partial charge in [-0.25, -0.2) is 9.59 Å². The summed E-state index contributed by atoms with van der Waals surface area (Å²) in [5, 5.41) is 50.6. The molecule has 14 heteroatoms. The molecule has 1 aliphatic carbocycles. The zero-order valence-electron chi connectivity index (χ0n) is 24.9. The Kier molecular flexibility index (Phi) is 11.2. The minimum atomic E-state index is -1.77. The lowest BCUT2D eigenvalue weighted by molar-refractivity contribution is -0.346. The number of fused-ring (bicyclic) bond motifs is 1. The van der Waals surface area contributed by atoms with Crippen molar-refractivity contribution < 1.29 is 68.3 Å². The highest BCUT2D eigenvalue weighted by molar-refractivity contribution is 5.90. The van der Waals surface area contributed by atoms with Crippen LogP contribution in [0.5, 0.6) is 0 Å². The Morgan fingerprint density at radius 3 is 2.42 bits per heavy atom. The van der Waals surface area contributed by atoms with Crippen molar-refractivity contribution in [1.82, 2.24) is 0 Å². The zero-order chi connectivity index (χ0) is 32.3. The molecule has 43 heavy (non-hydrogen) atoms. The highest BCUT2D eigenvalue weighted by atomic mass is 16.8. The van der Waals surface area contributed by atoms with Crippen LogP contribution in [0.3, 0.4) is 0 Å². The third kappa shape index (κ3) is 7.63. The maximum Gasteiger partial charge on any atom is 0.337 e. The van der Waals surface area contributed by atoms with Crippen molar-refractivity contribution in [3.8, 4) is 0 Å². The average Bonchev–Trinajstić information content (AvgIpc) is 3.23. The SMILES string of the molecule is C=C[C@@](C)(O)CCC=C(C)C(=O)O[C@@H]1C[C@](C)(OC(C)=O)[C@H]2[C@H](O[C@@H]3O[C@H](CO)[C@@H](O)[C@H](O)[C@H]3O)OC=C(C(=O)OC)[C@H]21. The zero-order valence-corrected chi connectivity index (χ0v) is 24.9. The normalized spacial score (nSPS) is 37.2. The van der Waals surface area contributed by atoms with E-state index in [2.05, 4.69) is 6.58 Å². The van der Waals surface area contributed by atoms with Crippen LogP contribution in [0.25, 0.3) is 0 Å². The fraction of sp³-hybridized carbons (Fsp3) is 0.690. The minimum absolute atomic E-state index is 0.0292. The molecule has 0 radical (unpaired) electrons. The summed E-state index contributed by atoms with van der Waals surface area (Å²) in [7, 11) is 1.15. The Hall–Kier alpha value is -2.85. The van der Waals surface area contributed by atoms with Crippen LogP contribution in [-0.2, 0) is 42.8 Å². The summed E-state index contributed by atoms with van der Waals surface area (Å²) in [4.78, 5) is 38.2. The Morgan fingerprint density at radius 2 is 1.84 bits per heavy atom. The van der Waals surface area contributed by atoms with E-state index in [1.54, 1.807) is 19.9 Å². The van der Waals surface area contributed by atoms with E-state index in [4.69, 9.17) is 28.4 Å². The van der Waals surface area contributed by atoms with Crippen molar-refractivity contribution in [2.24, 2.45) is 11.8 Å². The molecule has 0 unspecified atom stereocenters. The first kappa shape index (κ1) is 34.6. The monoisotopic (exact) mass is 614 g/mol. The van der Waals surface area contributed by atoms with Gasteiger partial charge in [0.25, 0.3) is 0 Å². The number of carbonyl (C=O) groups excluding carboxylic acids is 3. The number of esters is 3. The number of aliphatic hydroxyl groups is 5. The predicted octanol–water partition coefficient (Wildman–Crippen LogP) is -0.251. The average molecular weight is 615 g/mol. The van der Waals surface area contributed by atoms with Crippen molar-refractivity contribution in [1.29, 1.82) is 0 Å². The number of carbonyl (C=O) groups is 3. The van der Waals surface area contributed by atoms with Crippen molar-refractivity contribution >= 4 is 17.9 Å². The number of aliphatic hydroxyl groups excluding tert-OH is 4. The van der Waals surface area contributed by atoms with Gasteiger partial charge in [0, 0.05) is 24.8 Å². The molecule has 2 aliphatic heterocycles. The Balaban J connectivity index is 1.95. The lowest BCUT2D eigenvalue weighted by Crippen LogP contribution is -2.61. The molecule has 0 aromatic carbocycles. The molecule has 11 atom stereocenters. The van der Waals surface area contributed by atoms with E-state index in [1.165, 1.54) is 19.9 Å². The first-order valence-electron chi connectivity index (χ1n) is 13.9. The molecule has 1 saturated carbocycles. The Labute approximate surface area is 249 Å². The maximum absolute atomic E-state index is 13.1. The van der Waals surface area contributed by atoms with E-state index in [0.29, 0.717) is 12.8 Å². The third-order valence-corrected chi connectivity index (χ3v) is 8.12. The van der Waals surface area contributed by atoms with Gasteiger partial charge in [0.1, 0.15) is 36.1 Å². The lowest BCUT2D eigenvalue weighted by Gasteiger charge is -2.44. The van der Waals surface area contributed by atoms with Gasteiger partial charge in [0.05, 0.1) is 37.1 Å². The molecule has 2 heterocycles. The number of allylic oxidation sites excluding steroid dienone is 1. The van der Waals surface area contributed by atoms with Gasteiger partial charge >= 0.3 is 17.9 Å². The smallest absolute Gasteiger partial charge is 0.337 e. The molecule has 0 aromatic rings. The van der Waals surface area contributed by atoms with E-state index in [-0.39, 0.29) is 17.6 Å². The largest absolute Gasteiger partial charge is 0.471 e. The first-order chi connectivity index (χ1) is 20.1. The Morgan fingerprint density at radius 1 is 1.16 bits per heavy atom. The van der Waals surface area contributed by atoms with Gasteiger partial charge in [-0.3, -0.25) is 4.79 Å². The van der Waals surface area contributed by atoms with Gasteiger partial charge in [0.2, 0.25) is 6.29 Å². The number of hydrogen-bond donors (Lipinski definition) is 5. The van der Waals surface area contributed by atoms with E-state index in [0.717, 1.165) is 13.4 Å². The van der Waals surface area contributed by atoms with E-state index in [1.807, 2.05) is 0 Å². The summed E-state index contributed by atoms with van der Waals surface area (Å²) >= 11 is 0. The molecule has 3 aliphatic rings. The van der Waals surface area contributed by atoms with Crippen LogP contribution in [0.15, 0.2) is 36.1 Å². The fourth-order valence-electron chi connectivity index (χ4n) is 5.71. The van der Waals surface area contributed by atoms with Gasteiger partial charge in [0.15, 0.2) is 6.29 Å². The Bertz CT molecular complexity index is 1110. The highest BCUT2D eigenvalue weighted by Crippen LogP contribution is 2.52. The van der Waals surface area contributed by atoms with Gasteiger partial charge in [-0.2, -0.15) is 0 Å². The third-order valence-electron chi connectivity index (χ3n) is 8.12. The van der Waals surface area contributed by atoms with Crippen molar-refractivity contribution in [3.05, 3.63) is 36.1 Å². The number of hydrogen-bond acceptors (Lipinski definition) is 14. The van der Waals surface area contributed by atoms with Gasteiger partial charge in [-0.05, 0) is 33.6 Å². The number of rotatable bonds is 11. The van der Waals surface area contributed by atoms with E-state index in [9.17, 15) is 39.9 Å². The highest BCUT2D eigenvalue weighted by Gasteiger charge is 2.63. The van der Waals surface area contributed by atoms with Crippen molar-refractivity contribution in [2.75, 3.05) is 13.7 Å². The summed E-state index contributed by atoms with van der Waals surface area (Å²) in [6.07, 6.45) is -5.84. The summed E-state index contributed by atoms with van der Waals surface area (Å²) in [5.74, 6) is -4.21. The second-order valence-corrected chi connectivity index (χ2v) is 11.5. The van der Waals surface area contributed by atoms with Crippen LogP contribution in [0.2, 0.25) is 0 Å². The van der Waals surface area contributed by atoms with Crippen LogP contribution >= 0.6 is 0 Å². The summed E-state index contributed by atoms with van der Waals surface area (Å²) < 4.78 is 33.6. The number of ether oxygens (including phenoxy) is 6. The molecule has 2 fully saturated rings. The van der Waals surface area contributed by atoms with E-state index < -0.39 is 90.7 Å². The molecule has 0 aromatic heterocycles. The fourth-order valence-corrected chi connectivity index (χ4v) is 5.71. The summed E-state index contributed by atoms with van der Waals surface area (Å²) in [6.45, 7) is 8.73. The van der Waals surface area contributed by atoms with E-state index >= 15 is 0 Å². The molecular weight excluding hydrogens is 572 g/mol. The van der Waals surface area contributed by atoms with Crippen LogP contribution in [0.4, 0.5) is 0 Å². The standard InChI is InChI=1S/C29H42O14/c1-7-28(4,37)10-8-9-14(2)24(35)40-17-11-29(5,43-15(3)31)20-19(17)16(25(36)38-6)13-39-26(20)42-27-23(34)22(33)21(32)18(12-30)41-27/h7,9,13,17-23,26-27,30,32-34,37H,1,8,10-12H2,2-6H3/t17-,18-,19+,20-,21-,22+,23-,26+,27+,28-,29+/m1/s1. The first-order valence-corrected chi connectivity index (χ1v) is 13.9. The molecule has 242 valence electrons. The summed E-state index contributed by atoms with van der Waals surface area (Å²) in [5.41, 5.74) is -2.36. The second kappa shape index (κ2) is 13.8. The lowest BCUT2D eigenvalue weighted by atomic mass is 9.80. The molecule has 14 nitrogen and oxygen atoms in total. The van der Waals surface area contributed by atoms with Crippen LogP contribution < -0.4 is 0 Å². The summed E-state index contributed by atoms with van der Waals surface area (Å²) in [6, 6.07) is 0. The second-order valence-electron chi connectivity index (χ2n) is 11.5. The van der Waals surface area contributed by atoms with Gasteiger partial charge < -0.3 is 54.0 Å². The number of methoxy groups -OCH3 is 1. The maximum atomic E-state index is 13.1. The van der Waals surface area contributed by atoms with Gasteiger partial charge in [-0.1, -0.05) is 12.2 Å². The van der Waals surface area contributed by atoms with Crippen LogP contribution in [0, 0.1) is 11.8 Å². The molecule has 0 amide bonds. The topological polar surface area (TPSA) is 208 Å². The van der Waals surface area contributed by atoms with Crippen LogP contribution in [-0.4, -0.2) is 111 Å². The molecule has 0 bridgehead atoms. The van der Waals surface area contributed by atoms with Crippen LogP contribution in [0.1, 0.15) is 47.0 Å². The van der Waals surface area contributed by atoms with Crippen molar-refractivity contribution in [3.63, 3.8) is 0 Å². The molecule has 1 saturated heterocycles. The molecule has 3 rings (SSSR count). The molecule has 5 N–H and O–H groups in total. The molecular formula is C29H42O14. The van der Waals surface area contributed by atoms with Gasteiger partial charge in [-0.15, -0.1) is 6.58 Å². The minimum Gasteiger partial charge on any atom is -0.471 e.